The number of nitrogens with one attached hydrogen (secondary N) is 1. The van der Waals surface area contributed by atoms with Crippen LogP contribution in [-0.2, 0) is 0 Å². The summed E-state index contributed by atoms with van der Waals surface area (Å²) in [7, 11) is 1.55. The van der Waals surface area contributed by atoms with Crippen LogP contribution in [0.3, 0.4) is 0 Å². The highest BCUT2D eigenvalue weighted by Crippen LogP contribution is 2.56. The van der Waals surface area contributed by atoms with Gasteiger partial charge in [-0.25, -0.2) is 0 Å². The monoisotopic (exact) mass is 390 g/mol. The zero-order valence-corrected chi connectivity index (χ0v) is 15.4. The molecule has 1 heterocycles. The van der Waals surface area contributed by atoms with Crippen LogP contribution in [0.25, 0.3) is 0 Å². The molecular weight excluding hydrogens is 375 g/mol. The maximum atomic E-state index is 11.6. The molecule has 0 saturated heterocycles. The second-order valence-electron chi connectivity index (χ2n) is 6.44. The third kappa shape index (κ3) is 2.54. The predicted octanol–water partition coefficient (Wildman–Crippen LogP) is 5.74. The van der Waals surface area contributed by atoms with Crippen molar-refractivity contribution in [3.8, 4) is 5.75 Å². The molecule has 0 radical (unpaired) electrons. The van der Waals surface area contributed by atoms with Gasteiger partial charge in [0.2, 0.25) is 0 Å². The molecule has 0 saturated carbocycles. The SMILES string of the molecule is COc1ccc([N+](=O)[O-])c2c1NC(c1c(Cl)cccc1Cl)C1CC=CC21. The average Bonchev–Trinajstić information content (AvgIpc) is 3.10. The van der Waals surface area contributed by atoms with E-state index in [1.807, 2.05) is 18.2 Å². The fourth-order valence-corrected chi connectivity index (χ4v) is 4.72. The number of allylic oxidation sites excluding steroid dienone is 2. The summed E-state index contributed by atoms with van der Waals surface area (Å²) in [6.45, 7) is 0. The Kier molecular flexibility index (Phi) is 4.29. The van der Waals surface area contributed by atoms with E-state index in [2.05, 4.69) is 11.4 Å². The second-order valence-corrected chi connectivity index (χ2v) is 7.26. The zero-order chi connectivity index (χ0) is 18.4. The lowest BCUT2D eigenvalue weighted by Gasteiger charge is -2.38. The highest BCUT2D eigenvalue weighted by atomic mass is 35.5. The molecule has 3 atom stereocenters. The van der Waals surface area contributed by atoms with Crippen LogP contribution in [0.1, 0.15) is 29.5 Å². The van der Waals surface area contributed by atoms with Crippen LogP contribution < -0.4 is 10.1 Å². The number of ether oxygens (including phenoxy) is 1. The van der Waals surface area contributed by atoms with Crippen LogP contribution in [0, 0.1) is 16.0 Å². The number of nitrogens with zero attached hydrogens (tertiary/aromatic N) is 1. The lowest BCUT2D eigenvalue weighted by molar-refractivity contribution is -0.385. The van der Waals surface area contributed by atoms with E-state index >= 15 is 0 Å². The van der Waals surface area contributed by atoms with Crippen LogP contribution in [0.2, 0.25) is 10.0 Å². The van der Waals surface area contributed by atoms with Gasteiger partial charge in [-0.1, -0.05) is 41.4 Å². The number of hydrogen-bond acceptors (Lipinski definition) is 4. The van der Waals surface area contributed by atoms with Crippen LogP contribution in [-0.4, -0.2) is 12.0 Å². The first kappa shape index (κ1) is 17.2. The molecule has 0 amide bonds. The summed E-state index contributed by atoms with van der Waals surface area (Å²) in [5.74, 6) is 0.558. The van der Waals surface area contributed by atoms with Crippen molar-refractivity contribution in [2.75, 3.05) is 12.4 Å². The molecule has 1 aliphatic heterocycles. The summed E-state index contributed by atoms with van der Waals surface area (Å²) in [6.07, 6.45) is 4.89. The van der Waals surface area contributed by atoms with Gasteiger partial charge < -0.3 is 10.1 Å². The summed E-state index contributed by atoms with van der Waals surface area (Å²) >= 11 is 12.9. The van der Waals surface area contributed by atoms with Gasteiger partial charge in [0.05, 0.1) is 29.3 Å². The minimum Gasteiger partial charge on any atom is -0.495 e. The molecular formula is C19H16Cl2N2O3. The van der Waals surface area contributed by atoms with Gasteiger partial charge in [0.1, 0.15) is 5.75 Å². The largest absolute Gasteiger partial charge is 0.495 e. The molecule has 0 fully saturated rings. The van der Waals surface area contributed by atoms with Crippen molar-refractivity contribution < 1.29 is 9.66 Å². The summed E-state index contributed by atoms with van der Waals surface area (Å²) in [5, 5.41) is 16.2. The third-order valence-corrected chi connectivity index (χ3v) is 5.85. The molecule has 1 N–H and O–H groups in total. The maximum Gasteiger partial charge on any atom is 0.275 e. The second kappa shape index (κ2) is 6.49. The molecule has 0 spiro atoms. The third-order valence-electron chi connectivity index (χ3n) is 5.19. The number of halogens is 2. The topological polar surface area (TPSA) is 64.4 Å². The van der Waals surface area contributed by atoms with Gasteiger partial charge in [-0.05, 0) is 30.5 Å². The zero-order valence-electron chi connectivity index (χ0n) is 13.9. The number of hydrogen-bond donors (Lipinski definition) is 1. The molecule has 5 nitrogen and oxygen atoms in total. The van der Waals surface area contributed by atoms with E-state index in [9.17, 15) is 10.1 Å². The quantitative estimate of drug-likeness (QED) is 0.412. The van der Waals surface area contributed by atoms with Gasteiger partial charge in [-0.2, -0.15) is 0 Å². The van der Waals surface area contributed by atoms with Gasteiger partial charge in [0.15, 0.2) is 0 Å². The maximum absolute atomic E-state index is 11.6. The highest BCUT2D eigenvalue weighted by Gasteiger charge is 2.43. The lowest BCUT2D eigenvalue weighted by atomic mass is 9.76. The fourth-order valence-electron chi connectivity index (χ4n) is 4.09. The van der Waals surface area contributed by atoms with Gasteiger partial charge in [-0.3, -0.25) is 10.1 Å². The van der Waals surface area contributed by atoms with Gasteiger partial charge in [0, 0.05) is 27.6 Å². The average molecular weight is 391 g/mol. The van der Waals surface area contributed by atoms with Gasteiger partial charge in [-0.15, -0.1) is 0 Å². The Morgan fingerprint density at radius 3 is 2.58 bits per heavy atom. The molecule has 2 aromatic carbocycles. The van der Waals surface area contributed by atoms with Gasteiger partial charge >= 0.3 is 0 Å². The number of benzene rings is 2. The molecule has 26 heavy (non-hydrogen) atoms. The lowest BCUT2D eigenvalue weighted by Crippen LogP contribution is -2.30. The van der Waals surface area contributed by atoms with E-state index in [1.165, 1.54) is 6.07 Å². The van der Waals surface area contributed by atoms with Crippen molar-refractivity contribution in [3.05, 3.63) is 73.8 Å². The van der Waals surface area contributed by atoms with E-state index < -0.39 is 0 Å². The minimum atomic E-state index is -0.341. The smallest absolute Gasteiger partial charge is 0.275 e. The molecule has 7 heteroatoms. The Labute approximate surface area is 160 Å². The number of rotatable bonds is 3. The summed E-state index contributed by atoms with van der Waals surface area (Å²) in [5.41, 5.74) is 2.20. The number of nitro benzene ring substituents is 1. The van der Waals surface area contributed by atoms with Crippen molar-refractivity contribution >= 4 is 34.6 Å². The molecule has 1 aliphatic carbocycles. The first-order chi connectivity index (χ1) is 12.5. The fraction of sp³-hybridized carbons (Fsp3) is 0.263. The number of methoxy groups -OCH3 is 1. The van der Waals surface area contributed by atoms with Crippen molar-refractivity contribution in [3.63, 3.8) is 0 Å². The number of nitro groups is 1. The molecule has 3 unspecified atom stereocenters. The number of anilines is 1. The van der Waals surface area contributed by atoms with Crippen molar-refractivity contribution in [1.82, 2.24) is 0 Å². The predicted molar refractivity (Wildman–Crippen MR) is 102 cm³/mol. The van der Waals surface area contributed by atoms with Crippen molar-refractivity contribution in [2.45, 2.75) is 18.4 Å². The highest BCUT2D eigenvalue weighted by molar-refractivity contribution is 6.36. The summed E-state index contributed by atoms with van der Waals surface area (Å²) in [6, 6.07) is 8.38. The van der Waals surface area contributed by atoms with Crippen LogP contribution in [0.15, 0.2) is 42.5 Å². The van der Waals surface area contributed by atoms with Crippen LogP contribution in [0.4, 0.5) is 11.4 Å². The Hall–Kier alpha value is -2.24. The van der Waals surface area contributed by atoms with E-state index in [0.717, 1.165) is 12.0 Å². The molecule has 134 valence electrons. The molecule has 2 aromatic rings. The van der Waals surface area contributed by atoms with E-state index in [-0.39, 0.29) is 28.5 Å². The van der Waals surface area contributed by atoms with Crippen molar-refractivity contribution in [2.24, 2.45) is 5.92 Å². The van der Waals surface area contributed by atoms with Crippen molar-refractivity contribution in [1.29, 1.82) is 0 Å². The molecule has 0 aromatic heterocycles. The normalized spacial score (nSPS) is 23.1. The Balaban J connectivity index is 1.93. The van der Waals surface area contributed by atoms with E-state index in [0.29, 0.717) is 27.0 Å². The first-order valence-corrected chi connectivity index (χ1v) is 9.01. The first-order valence-electron chi connectivity index (χ1n) is 8.25. The molecule has 2 aliphatic rings. The van der Waals surface area contributed by atoms with Crippen LogP contribution >= 0.6 is 23.2 Å². The number of fused-ring (bicyclic) bond motifs is 3. The Bertz CT molecular complexity index is 909. The molecule has 4 rings (SSSR count). The van der Waals surface area contributed by atoms with E-state index in [4.69, 9.17) is 27.9 Å². The Morgan fingerprint density at radius 1 is 1.19 bits per heavy atom. The molecule has 0 bridgehead atoms. The van der Waals surface area contributed by atoms with Crippen LogP contribution in [0.5, 0.6) is 5.75 Å². The minimum absolute atomic E-state index is 0.0886. The van der Waals surface area contributed by atoms with Gasteiger partial charge in [0.25, 0.3) is 5.69 Å². The summed E-state index contributed by atoms with van der Waals surface area (Å²) in [4.78, 5) is 11.3. The standard InChI is InChI=1S/C19H16Cl2N2O3/c1-26-15-9-8-14(23(24)25)16-10-4-2-5-11(10)18(22-19(15)16)17-12(20)6-3-7-13(17)21/h2-4,6-11,18,22H,5H2,1H3. The van der Waals surface area contributed by atoms with E-state index in [1.54, 1.807) is 19.2 Å². The Morgan fingerprint density at radius 2 is 1.92 bits per heavy atom. The summed E-state index contributed by atoms with van der Waals surface area (Å²) < 4.78 is 5.47.